The van der Waals surface area contributed by atoms with Gasteiger partial charge >= 0.3 is 0 Å². The van der Waals surface area contributed by atoms with Gasteiger partial charge in [0.2, 0.25) is 5.75 Å². The molecule has 0 aliphatic carbocycles. The zero-order valence-corrected chi connectivity index (χ0v) is 15.3. The number of rotatable bonds is 7. The molecule has 5 nitrogen and oxygen atoms in total. The van der Waals surface area contributed by atoms with Crippen molar-refractivity contribution >= 4 is 11.8 Å². The Morgan fingerprint density at radius 2 is 1.48 bits per heavy atom. The lowest BCUT2D eigenvalue weighted by molar-refractivity contribution is 0.227. The largest absolute Gasteiger partial charge is 0.493 e. The SMILES string of the molecule is COc1cc(C(O)/C=C/c2ccc(N(C)C)cc2)cc(OC)c1OC. The van der Waals surface area contributed by atoms with Crippen molar-refractivity contribution in [2.75, 3.05) is 40.3 Å². The average molecular weight is 343 g/mol. The summed E-state index contributed by atoms with van der Waals surface area (Å²) >= 11 is 0. The van der Waals surface area contributed by atoms with Crippen molar-refractivity contribution in [2.45, 2.75) is 6.10 Å². The third-order valence-corrected chi connectivity index (χ3v) is 3.91. The van der Waals surface area contributed by atoms with Gasteiger partial charge in [-0.15, -0.1) is 0 Å². The first-order chi connectivity index (χ1) is 12.0. The molecule has 2 rings (SSSR count). The topological polar surface area (TPSA) is 51.2 Å². The van der Waals surface area contributed by atoms with Gasteiger partial charge in [0.05, 0.1) is 27.4 Å². The third kappa shape index (κ3) is 4.45. The lowest BCUT2D eigenvalue weighted by Gasteiger charge is -2.15. The Hall–Kier alpha value is -2.66. The molecule has 134 valence electrons. The molecule has 0 fully saturated rings. The van der Waals surface area contributed by atoms with E-state index < -0.39 is 6.10 Å². The van der Waals surface area contributed by atoms with Crippen LogP contribution in [-0.2, 0) is 0 Å². The molecular formula is C20H25NO4. The van der Waals surface area contributed by atoms with E-state index in [0.717, 1.165) is 11.3 Å². The molecule has 0 radical (unpaired) electrons. The van der Waals surface area contributed by atoms with Gasteiger partial charge < -0.3 is 24.2 Å². The van der Waals surface area contributed by atoms with E-state index in [1.165, 1.54) is 0 Å². The van der Waals surface area contributed by atoms with E-state index in [-0.39, 0.29) is 0 Å². The lowest BCUT2D eigenvalue weighted by Crippen LogP contribution is -2.07. The molecule has 5 heteroatoms. The summed E-state index contributed by atoms with van der Waals surface area (Å²) < 4.78 is 15.9. The number of aliphatic hydroxyl groups excluding tert-OH is 1. The smallest absolute Gasteiger partial charge is 0.203 e. The summed E-state index contributed by atoms with van der Waals surface area (Å²) in [6.07, 6.45) is 2.82. The van der Waals surface area contributed by atoms with Crippen LogP contribution in [0.1, 0.15) is 17.2 Å². The van der Waals surface area contributed by atoms with Gasteiger partial charge in [-0.2, -0.15) is 0 Å². The van der Waals surface area contributed by atoms with Gasteiger partial charge in [0, 0.05) is 19.8 Å². The summed E-state index contributed by atoms with van der Waals surface area (Å²) in [5.41, 5.74) is 2.80. The fourth-order valence-corrected chi connectivity index (χ4v) is 2.47. The van der Waals surface area contributed by atoms with Gasteiger partial charge in [-0.3, -0.25) is 0 Å². The van der Waals surface area contributed by atoms with Gasteiger partial charge in [0.1, 0.15) is 0 Å². The zero-order valence-electron chi connectivity index (χ0n) is 15.3. The molecule has 0 aliphatic heterocycles. The first-order valence-corrected chi connectivity index (χ1v) is 7.93. The van der Waals surface area contributed by atoms with E-state index in [9.17, 15) is 5.11 Å². The van der Waals surface area contributed by atoms with Crippen molar-refractivity contribution in [3.63, 3.8) is 0 Å². The molecule has 0 aliphatic rings. The fourth-order valence-electron chi connectivity index (χ4n) is 2.47. The van der Waals surface area contributed by atoms with Crippen LogP contribution in [-0.4, -0.2) is 40.5 Å². The summed E-state index contributed by atoms with van der Waals surface area (Å²) in [7, 11) is 8.65. The molecule has 1 atom stereocenters. The predicted octanol–water partition coefficient (Wildman–Crippen LogP) is 3.53. The Kier molecular flexibility index (Phi) is 6.31. The Labute approximate surface area is 149 Å². The maximum Gasteiger partial charge on any atom is 0.203 e. The maximum atomic E-state index is 10.5. The van der Waals surface area contributed by atoms with E-state index in [2.05, 4.69) is 0 Å². The molecule has 0 aromatic heterocycles. The molecule has 0 amide bonds. The highest BCUT2D eigenvalue weighted by atomic mass is 16.5. The number of hydrogen-bond donors (Lipinski definition) is 1. The standard InChI is InChI=1S/C20H25NO4/c1-21(2)16-9-6-14(7-10-16)8-11-17(22)15-12-18(23-3)20(25-5)19(13-15)24-4/h6-13,17,22H,1-5H3/b11-8+. The van der Waals surface area contributed by atoms with Crippen LogP contribution in [0.3, 0.4) is 0 Å². The minimum absolute atomic E-state index is 0.504. The minimum atomic E-state index is -0.790. The average Bonchev–Trinajstić information content (AvgIpc) is 2.64. The second-order valence-electron chi connectivity index (χ2n) is 5.75. The number of anilines is 1. The first kappa shape index (κ1) is 18.7. The lowest BCUT2D eigenvalue weighted by atomic mass is 10.1. The molecule has 1 unspecified atom stereocenters. The number of nitrogens with zero attached hydrogens (tertiary/aromatic N) is 1. The van der Waals surface area contributed by atoms with Crippen molar-refractivity contribution in [1.29, 1.82) is 0 Å². The molecule has 0 spiro atoms. The Morgan fingerprint density at radius 3 is 1.92 bits per heavy atom. The van der Waals surface area contributed by atoms with Crippen LogP contribution >= 0.6 is 0 Å². The highest BCUT2D eigenvalue weighted by Gasteiger charge is 2.16. The van der Waals surface area contributed by atoms with E-state index >= 15 is 0 Å². The van der Waals surface area contributed by atoms with Gasteiger partial charge in [0.25, 0.3) is 0 Å². The molecule has 0 saturated heterocycles. The molecule has 0 saturated carbocycles. The normalized spacial score (nSPS) is 12.1. The minimum Gasteiger partial charge on any atom is -0.493 e. The Morgan fingerprint density at radius 1 is 0.920 bits per heavy atom. The van der Waals surface area contributed by atoms with E-state index in [4.69, 9.17) is 14.2 Å². The second-order valence-corrected chi connectivity index (χ2v) is 5.75. The van der Waals surface area contributed by atoms with Crippen LogP contribution in [0.4, 0.5) is 5.69 Å². The predicted molar refractivity (Wildman–Crippen MR) is 101 cm³/mol. The number of ether oxygens (including phenoxy) is 3. The van der Waals surface area contributed by atoms with Crippen LogP contribution in [0.5, 0.6) is 17.2 Å². The molecular weight excluding hydrogens is 318 g/mol. The van der Waals surface area contributed by atoms with E-state index in [1.54, 1.807) is 39.5 Å². The molecule has 0 heterocycles. The summed E-state index contributed by atoms with van der Waals surface area (Å²) in [4.78, 5) is 2.04. The first-order valence-electron chi connectivity index (χ1n) is 7.93. The highest BCUT2D eigenvalue weighted by molar-refractivity contribution is 5.58. The fraction of sp³-hybridized carbons (Fsp3) is 0.300. The Bertz CT molecular complexity index is 698. The molecule has 2 aromatic carbocycles. The number of methoxy groups -OCH3 is 3. The maximum absolute atomic E-state index is 10.5. The number of hydrogen-bond acceptors (Lipinski definition) is 5. The number of aliphatic hydroxyl groups is 1. The zero-order chi connectivity index (χ0) is 18.4. The molecule has 0 bridgehead atoms. The molecule has 2 aromatic rings. The van der Waals surface area contributed by atoms with Crippen LogP contribution < -0.4 is 19.1 Å². The molecule has 1 N–H and O–H groups in total. The third-order valence-electron chi connectivity index (χ3n) is 3.91. The van der Waals surface area contributed by atoms with Crippen molar-refractivity contribution in [1.82, 2.24) is 0 Å². The summed E-state index contributed by atoms with van der Waals surface area (Å²) in [5.74, 6) is 1.53. The van der Waals surface area contributed by atoms with Gasteiger partial charge in [0.15, 0.2) is 11.5 Å². The van der Waals surface area contributed by atoms with Gasteiger partial charge in [-0.1, -0.05) is 24.3 Å². The summed E-state index contributed by atoms with van der Waals surface area (Å²) in [5, 5.41) is 10.5. The molecule has 25 heavy (non-hydrogen) atoms. The van der Waals surface area contributed by atoms with Crippen LogP contribution in [0.15, 0.2) is 42.5 Å². The van der Waals surface area contributed by atoms with Crippen molar-refractivity contribution in [3.05, 3.63) is 53.6 Å². The summed E-state index contributed by atoms with van der Waals surface area (Å²) in [6.45, 7) is 0. The summed E-state index contributed by atoms with van der Waals surface area (Å²) in [6, 6.07) is 11.6. The van der Waals surface area contributed by atoms with Crippen molar-refractivity contribution < 1.29 is 19.3 Å². The van der Waals surface area contributed by atoms with Gasteiger partial charge in [-0.05, 0) is 35.4 Å². The number of benzene rings is 2. The quantitative estimate of drug-likeness (QED) is 0.833. The van der Waals surface area contributed by atoms with Crippen LogP contribution in [0.25, 0.3) is 6.08 Å². The monoisotopic (exact) mass is 343 g/mol. The Balaban J connectivity index is 2.23. The van der Waals surface area contributed by atoms with Crippen molar-refractivity contribution in [3.8, 4) is 17.2 Å². The van der Waals surface area contributed by atoms with Crippen LogP contribution in [0.2, 0.25) is 0 Å². The second kappa shape index (κ2) is 8.44. The van der Waals surface area contributed by atoms with E-state index in [0.29, 0.717) is 22.8 Å². The van der Waals surface area contributed by atoms with Crippen molar-refractivity contribution in [2.24, 2.45) is 0 Å². The van der Waals surface area contributed by atoms with Gasteiger partial charge in [-0.25, -0.2) is 0 Å². The van der Waals surface area contributed by atoms with E-state index in [1.807, 2.05) is 49.3 Å². The van der Waals surface area contributed by atoms with Crippen LogP contribution in [0, 0.1) is 0 Å². The highest BCUT2D eigenvalue weighted by Crippen LogP contribution is 2.39.